The lowest BCUT2D eigenvalue weighted by molar-refractivity contribution is -0.128. The van der Waals surface area contributed by atoms with Gasteiger partial charge in [0.15, 0.2) is 11.4 Å². The molecule has 4 rings (SSSR count). The molecule has 0 spiro atoms. The normalized spacial score (nSPS) is 14.8. The van der Waals surface area contributed by atoms with Crippen LogP contribution in [0.5, 0.6) is 5.75 Å². The predicted molar refractivity (Wildman–Crippen MR) is 110 cm³/mol. The average molecular weight is 389 g/mol. The number of rotatable bonds is 4. The maximum absolute atomic E-state index is 13.0. The van der Waals surface area contributed by atoms with E-state index >= 15 is 0 Å². The van der Waals surface area contributed by atoms with Crippen molar-refractivity contribution < 1.29 is 14.3 Å². The molecule has 7 heteroatoms. The quantitative estimate of drug-likeness (QED) is 0.643. The largest absolute Gasteiger partial charge is 0.497 e. The third-order valence-electron chi connectivity index (χ3n) is 4.81. The molecule has 0 unspecified atom stereocenters. The van der Waals surface area contributed by atoms with Gasteiger partial charge in [-0.1, -0.05) is 18.2 Å². The summed E-state index contributed by atoms with van der Waals surface area (Å²) in [6.45, 7) is 1.79. The Hall–Kier alpha value is -3.87. The van der Waals surface area contributed by atoms with Crippen LogP contribution in [0.15, 0.2) is 70.5 Å². The summed E-state index contributed by atoms with van der Waals surface area (Å²) < 4.78 is 13.7. The first-order chi connectivity index (χ1) is 14.0. The van der Waals surface area contributed by atoms with Gasteiger partial charge in [0.2, 0.25) is 0 Å². The number of methoxy groups -OCH3 is 1. The highest BCUT2D eigenvalue weighted by atomic mass is 16.5. The first kappa shape index (κ1) is 18.5. The number of aromatic nitrogens is 2. The molecule has 0 saturated heterocycles. The van der Waals surface area contributed by atoms with Gasteiger partial charge in [-0.2, -0.15) is 0 Å². The minimum atomic E-state index is -0.593. The predicted octanol–water partition coefficient (Wildman–Crippen LogP) is 3.16. The second kappa shape index (κ2) is 7.27. The van der Waals surface area contributed by atoms with Gasteiger partial charge in [0.25, 0.3) is 5.56 Å². The van der Waals surface area contributed by atoms with Crippen molar-refractivity contribution in [3.05, 3.63) is 82.3 Å². The van der Waals surface area contributed by atoms with E-state index < -0.39 is 5.97 Å². The summed E-state index contributed by atoms with van der Waals surface area (Å²) in [7, 11) is 3.36. The van der Waals surface area contributed by atoms with Gasteiger partial charge in [-0.05, 0) is 43.3 Å². The van der Waals surface area contributed by atoms with Crippen LogP contribution in [-0.2, 0) is 16.6 Å². The minimum absolute atomic E-state index is 0.0850. The molecule has 3 aromatic rings. The van der Waals surface area contributed by atoms with E-state index in [0.717, 1.165) is 11.3 Å². The van der Waals surface area contributed by atoms with Crippen LogP contribution in [0.2, 0.25) is 0 Å². The highest BCUT2D eigenvalue weighted by Crippen LogP contribution is 2.25. The third-order valence-corrected chi connectivity index (χ3v) is 4.81. The van der Waals surface area contributed by atoms with Gasteiger partial charge in [-0.25, -0.2) is 14.5 Å². The number of esters is 1. The molecule has 0 atom stereocenters. The number of cyclic esters (lactones) is 1. The topological polar surface area (TPSA) is 74.8 Å². The molecule has 0 amide bonds. The van der Waals surface area contributed by atoms with Crippen molar-refractivity contribution >= 4 is 23.1 Å². The number of hydrogen-bond acceptors (Lipinski definition) is 5. The number of nitrogens with zero attached hydrogens (tertiary/aromatic N) is 3. The standard InChI is InChI=1S/C22H19N3O4/c1-14-20(21(26)25(24(14)2)16-7-5-4-6-8-16)23-18-13-19(29-22(18)27)15-9-11-17(28-3)12-10-15/h4-13H,1-3H3. The Morgan fingerprint density at radius 2 is 1.69 bits per heavy atom. The van der Waals surface area contributed by atoms with Gasteiger partial charge in [-0.3, -0.25) is 9.48 Å². The van der Waals surface area contributed by atoms with Crippen LogP contribution in [0.25, 0.3) is 11.4 Å². The molecule has 146 valence electrons. The lowest BCUT2D eigenvalue weighted by Gasteiger charge is -2.07. The number of aliphatic imine (C=N–C) groups is 1. The van der Waals surface area contributed by atoms with Crippen molar-refractivity contribution in [2.75, 3.05) is 7.11 Å². The molecular formula is C22H19N3O4. The summed E-state index contributed by atoms with van der Waals surface area (Å²) in [6, 6.07) is 16.4. The Kier molecular flexibility index (Phi) is 4.64. The zero-order valence-electron chi connectivity index (χ0n) is 16.2. The second-order valence-electron chi connectivity index (χ2n) is 6.53. The van der Waals surface area contributed by atoms with Crippen molar-refractivity contribution in [2.24, 2.45) is 12.0 Å². The SMILES string of the molecule is COc1ccc(C2=CC(=Nc3c(C)n(C)n(-c4ccccc4)c3=O)C(=O)O2)cc1. The van der Waals surface area contributed by atoms with E-state index in [9.17, 15) is 9.59 Å². The van der Waals surface area contributed by atoms with E-state index in [-0.39, 0.29) is 17.0 Å². The maximum Gasteiger partial charge on any atom is 0.362 e. The summed E-state index contributed by atoms with van der Waals surface area (Å²) in [5, 5.41) is 0. The number of hydrogen-bond donors (Lipinski definition) is 0. The van der Waals surface area contributed by atoms with Gasteiger partial charge in [0.05, 0.1) is 18.5 Å². The molecule has 2 heterocycles. The van der Waals surface area contributed by atoms with Gasteiger partial charge >= 0.3 is 5.97 Å². The van der Waals surface area contributed by atoms with Gasteiger partial charge in [0, 0.05) is 18.7 Å². The van der Waals surface area contributed by atoms with E-state index in [1.807, 2.05) is 30.3 Å². The minimum Gasteiger partial charge on any atom is -0.497 e. The summed E-state index contributed by atoms with van der Waals surface area (Å²) in [5.74, 6) is 0.493. The first-order valence-electron chi connectivity index (χ1n) is 9.00. The maximum atomic E-state index is 13.0. The highest BCUT2D eigenvalue weighted by molar-refractivity contribution is 6.46. The van der Waals surface area contributed by atoms with Crippen LogP contribution in [0, 0.1) is 6.92 Å². The zero-order chi connectivity index (χ0) is 20.5. The molecular weight excluding hydrogens is 370 g/mol. The molecule has 1 aliphatic rings. The first-order valence-corrected chi connectivity index (χ1v) is 9.00. The van der Waals surface area contributed by atoms with Crippen LogP contribution in [-0.4, -0.2) is 28.2 Å². The number of carbonyl (C=O) groups is 1. The Morgan fingerprint density at radius 3 is 2.34 bits per heavy atom. The zero-order valence-corrected chi connectivity index (χ0v) is 16.2. The molecule has 2 aromatic carbocycles. The summed E-state index contributed by atoms with van der Waals surface area (Å²) in [4.78, 5) is 29.6. The average Bonchev–Trinajstić information content (AvgIpc) is 3.21. The Labute approximate surface area is 167 Å². The molecule has 0 bridgehead atoms. The molecule has 1 aromatic heterocycles. The lowest BCUT2D eigenvalue weighted by atomic mass is 10.1. The van der Waals surface area contributed by atoms with E-state index in [1.165, 1.54) is 4.68 Å². The molecule has 0 N–H and O–H groups in total. The van der Waals surface area contributed by atoms with Crippen LogP contribution in [0.3, 0.4) is 0 Å². The second-order valence-corrected chi connectivity index (χ2v) is 6.53. The monoisotopic (exact) mass is 389 g/mol. The number of ether oxygens (including phenoxy) is 2. The number of benzene rings is 2. The summed E-state index contributed by atoms with van der Waals surface area (Å²) in [5.41, 5.74) is 2.07. The van der Waals surface area contributed by atoms with Gasteiger partial charge < -0.3 is 9.47 Å². The fraction of sp³-hybridized carbons (Fsp3) is 0.136. The van der Waals surface area contributed by atoms with E-state index in [1.54, 1.807) is 56.1 Å². The third kappa shape index (κ3) is 3.27. The van der Waals surface area contributed by atoms with Crippen molar-refractivity contribution in [1.29, 1.82) is 0 Å². The van der Waals surface area contributed by atoms with E-state index in [4.69, 9.17) is 9.47 Å². The smallest absolute Gasteiger partial charge is 0.362 e. The summed E-state index contributed by atoms with van der Waals surface area (Å²) in [6.07, 6.45) is 1.54. The van der Waals surface area contributed by atoms with Gasteiger partial charge in [0.1, 0.15) is 11.5 Å². The van der Waals surface area contributed by atoms with Crippen molar-refractivity contribution in [3.63, 3.8) is 0 Å². The number of para-hydroxylation sites is 1. The van der Waals surface area contributed by atoms with Gasteiger partial charge in [-0.15, -0.1) is 0 Å². The molecule has 29 heavy (non-hydrogen) atoms. The fourth-order valence-corrected chi connectivity index (χ4v) is 3.14. The summed E-state index contributed by atoms with van der Waals surface area (Å²) >= 11 is 0. The van der Waals surface area contributed by atoms with Crippen LogP contribution >= 0.6 is 0 Å². The molecule has 1 aliphatic heterocycles. The van der Waals surface area contributed by atoms with Crippen molar-refractivity contribution in [1.82, 2.24) is 9.36 Å². The lowest BCUT2D eigenvalue weighted by Crippen LogP contribution is -2.19. The Bertz CT molecular complexity index is 1200. The van der Waals surface area contributed by atoms with E-state index in [2.05, 4.69) is 4.99 Å². The molecule has 0 aliphatic carbocycles. The number of carbonyl (C=O) groups excluding carboxylic acids is 1. The fourth-order valence-electron chi connectivity index (χ4n) is 3.14. The Morgan fingerprint density at radius 1 is 1.00 bits per heavy atom. The molecule has 7 nitrogen and oxygen atoms in total. The molecule has 0 fully saturated rings. The van der Waals surface area contributed by atoms with E-state index in [0.29, 0.717) is 17.2 Å². The Balaban J connectivity index is 1.75. The van der Waals surface area contributed by atoms with Crippen LogP contribution in [0.1, 0.15) is 11.3 Å². The van der Waals surface area contributed by atoms with Crippen LogP contribution < -0.4 is 10.3 Å². The van der Waals surface area contributed by atoms with Crippen molar-refractivity contribution in [3.8, 4) is 11.4 Å². The van der Waals surface area contributed by atoms with Crippen molar-refractivity contribution in [2.45, 2.75) is 6.92 Å². The highest BCUT2D eigenvalue weighted by Gasteiger charge is 2.25. The van der Waals surface area contributed by atoms with Crippen LogP contribution in [0.4, 0.5) is 5.69 Å². The molecule has 0 radical (unpaired) electrons. The molecule has 0 saturated carbocycles.